The molecule has 0 aliphatic carbocycles. The van der Waals surface area contributed by atoms with E-state index in [-0.39, 0.29) is 17.5 Å². The number of esters is 1. The van der Waals surface area contributed by atoms with Gasteiger partial charge in [0, 0.05) is 20.5 Å². The Labute approximate surface area is 82.9 Å². The van der Waals surface area contributed by atoms with E-state index < -0.39 is 6.10 Å². The van der Waals surface area contributed by atoms with Crippen LogP contribution in [0.2, 0.25) is 0 Å². The van der Waals surface area contributed by atoms with Gasteiger partial charge in [0.15, 0.2) is 6.10 Å². The number of carbonyl (C=O) groups is 1. The summed E-state index contributed by atoms with van der Waals surface area (Å²) in [6.07, 6.45) is 0.214. The van der Waals surface area contributed by atoms with Crippen LogP contribution in [0.25, 0.3) is 0 Å². The summed E-state index contributed by atoms with van der Waals surface area (Å²) in [5, 5.41) is 0. The van der Waals surface area contributed by atoms with E-state index in [1.54, 1.807) is 7.11 Å². The number of carbonyl (C=O) groups excluding carboxylic acids is 1. The Kier molecular flexibility index (Phi) is 4.02. The summed E-state index contributed by atoms with van der Waals surface area (Å²) >= 11 is 4.16. The highest BCUT2D eigenvalue weighted by atomic mass is 32.1. The molecule has 0 spiro atoms. The minimum atomic E-state index is -0.403. The van der Waals surface area contributed by atoms with Crippen molar-refractivity contribution in [1.82, 2.24) is 0 Å². The molecule has 1 fully saturated rings. The largest absolute Gasteiger partial charge is 0.456 e. The molecule has 76 valence electrons. The minimum Gasteiger partial charge on any atom is -0.456 e. The van der Waals surface area contributed by atoms with Gasteiger partial charge in [-0.1, -0.05) is 0 Å². The third kappa shape index (κ3) is 2.86. The minimum absolute atomic E-state index is 0.111. The van der Waals surface area contributed by atoms with Crippen LogP contribution in [0.5, 0.6) is 0 Å². The van der Waals surface area contributed by atoms with Crippen LogP contribution in [0.4, 0.5) is 0 Å². The van der Waals surface area contributed by atoms with Crippen LogP contribution in [0.1, 0.15) is 13.3 Å². The van der Waals surface area contributed by atoms with Gasteiger partial charge in [0.1, 0.15) is 5.44 Å². The summed E-state index contributed by atoms with van der Waals surface area (Å²) in [6.45, 7) is 1.95. The van der Waals surface area contributed by atoms with Gasteiger partial charge >= 0.3 is 5.97 Å². The fourth-order valence-corrected chi connectivity index (χ4v) is 1.68. The van der Waals surface area contributed by atoms with Crippen LogP contribution >= 0.6 is 12.6 Å². The zero-order chi connectivity index (χ0) is 9.84. The molecule has 0 saturated carbocycles. The lowest BCUT2D eigenvalue weighted by atomic mass is 10.1. The Morgan fingerprint density at radius 3 is 2.85 bits per heavy atom. The Morgan fingerprint density at radius 1 is 1.62 bits per heavy atom. The normalized spacial score (nSPS) is 34.2. The van der Waals surface area contributed by atoms with Gasteiger partial charge in [0.05, 0.1) is 12.7 Å². The van der Waals surface area contributed by atoms with E-state index in [9.17, 15) is 4.79 Å². The quantitative estimate of drug-likeness (QED) is 0.531. The Hall–Kier alpha value is -0.260. The average molecular weight is 206 g/mol. The van der Waals surface area contributed by atoms with Crippen LogP contribution in [-0.2, 0) is 19.0 Å². The topological polar surface area (TPSA) is 44.8 Å². The lowest BCUT2D eigenvalue weighted by molar-refractivity contribution is -0.171. The second-order valence-corrected chi connectivity index (χ2v) is 3.41. The fourth-order valence-electron chi connectivity index (χ4n) is 1.33. The van der Waals surface area contributed by atoms with Crippen LogP contribution in [-0.4, -0.2) is 37.3 Å². The highest BCUT2D eigenvalue weighted by Gasteiger charge is 2.34. The van der Waals surface area contributed by atoms with Crippen molar-refractivity contribution in [1.29, 1.82) is 0 Å². The van der Waals surface area contributed by atoms with Crippen molar-refractivity contribution in [3.8, 4) is 0 Å². The van der Waals surface area contributed by atoms with Gasteiger partial charge < -0.3 is 14.2 Å². The lowest BCUT2D eigenvalue weighted by Gasteiger charge is -2.33. The molecule has 0 aromatic carbocycles. The Morgan fingerprint density at radius 2 is 2.31 bits per heavy atom. The molecule has 1 aliphatic heterocycles. The molecule has 4 nitrogen and oxygen atoms in total. The van der Waals surface area contributed by atoms with Gasteiger partial charge in [-0.05, 0) is 0 Å². The number of hydrogen-bond acceptors (Lipinski definition) is 5. The molecule has 1 saturated heterocycles. The molecule has 13 heavy (non-hydrogen) atoms. The van der Waals surface area contributed by atoms with Gasteiger partial charge in [0.25, 0.3) is 0 Å². The summed E-state index contributed by atoms with van der Waals surface area (Å²) < 4.78 is 15.4. The molecule has 1 rings (SSSR count). The summed E-state index contributed by atoms with van der Waals surface area (Å²) in [5.74, 6) is -0.336. The summed E-state index contributed by atoms with van der Waals surface area (Å²) in [6, 6.07) is 0. The molecule has 1 heterocycles. The van der Waals surface area contributed by atoms with Crippen molar-refractivity contribution in [3.63, 3.8) is 0 Å². The first-order valence-corrected chi connectivity index (χ1v) is 4.66. The maximum absolute atomic E-state index is 10.8. The van der Waals surface area contributed by atoms with Gasteiger partial charge in [0.2, 0.25) is 0 Å². The molecule has 0 bridgehead atoms. The predicted molar refractivity (Wildman–Crippen MR) is 49.7 cm³/mol. The molecular weight excluding hydrogens is 192 g/mol. The van der Waals surface area contributed by atoms with Gasteiger partial charge in [-0.25, -0.2) is 0 Å². The van der Waals surface area contributed by atoms with Crippen molar-refractivity contribution >= 4 is 18.6 Å². The number of ether oxygens (including phenoxy) is 3. The van der Waals surface area contributed by atoms with Crippen molar-refractivity contribution < 1.29 is 19.0 Å². The maximum Gasteiger partial charge on any atom is 0.303 e. The molecule has 0 N–H and O–H groups in total. The predicted octanol–water partition coefficient (Wildman–Crippen LogP) is 0.609. The fraction of sp³-hybridized carbons (Fsp3) is 0.875. The average Bonchev–Trinajstić information content (AvgIpc) is 2.08. The van der Waals surface area contributed by atoms with Crippen LogP contribution in [0.3, 0.4) is 0 Å². The van der Waals surface area contributed by atoms with Crippen molar-refractivity contribution in [2.24, 2.45) is 0 Å². The van der Waals surface area contributed by atoms with E-state index in [2.05, 4.69) is 12.6 Å². The first-order chi connectivity index (χ1) is 6.15. The highest BCUT2D eigenvalue weighted by Crippen LogP contribution is 2.22. The van der Waals surface area contributed by atoms with E-state index in [0.717, 1.165) is 6.42 Å². The van der Waals surface area contributed by atoms with Crippen LogP contribution < -0.4 is 0 Å². The molecule has 1 aliphatic rings. The number of thiol groups is 1. The third-order valence-electron chi connectivity index (χ3n) is 1.94. The van der Waals surface area contributed by atoms with E-state index >= 15 is 0 Å². The smallest absolute Gasteiger partial charge is 0.303 e. The monoisotopic (exact) mass is 206 g/mol. The Bertz CT molecular complexity index is 185. The van der Waals surface area contributed by atoms with Gasteiger partial charge in [-0.15, -0.1) is 12.6 Å². The van der Waals surface area contributed by atoms with Crippen molar-refractivity contribution in [3.05, 3.63) is 0 Å². The molecule has 0 unspecified atom stereocenters. The van der Waals surface area contributed by atoms with Gasteiger partial charge in [-0.2, -0.15) is 0 Å². The molecule has 0 radical (unpaired) electrons. The van der Waals surface area contributed by atoms with E-state index in [1.807, 2.05) is 0 Å². The second-order valence-electron chi connectivity index (χ2n) is 2.90. The molecule has 0 aromatic rings. The zero-order valence-electron chi connectivity index (χ0n) is 7.73. The number of methoxy groups -OCH3 is 1. The third-order valence-corrected chi connectivity index (χ3v) is 2.39. The summed E-state index contributed by atoms with van der Waals surface area (Å²) in [7, 11) is 1.59. The number of rotatable bonds is 2. The summed E-state index contributed by atoms with van der Waals surface area (Å²) in [5.41, 5.74) is -0.386. The maximum atomic E-state index is 10.8. The molecule has 0 amide bonds. The Balaban J connectivity index is 2.56. The van der Waals surface area contributed by atoms with Crippen molar-refractivity contribution in [2.75, 3.05) is 13.7 Å². The standard InChI is InChI=1S/C8H14O4S/c1-5(9)12-7-6(10-2)3-4-11-8(7)13/h6-8,13H,3-4H2,1-2H3/t6-,7+,8+/m0/s1. The molecule has 0 aromatic heterocycles. The first kappa shape index (κ1) is 10.8. The SMILES string of the molecule is CO[C@H]1CCO[C@H](S)[C@@H]1OC(C)=O. The van der Waals surface area contributed by atoms with E-state index in [0.29, 0.717) is 6.61 Å². The van der Waals surface area contributed by atoms with Crippen molar-refractivity contribution in [2.45, 2.75) is 31.0 Å². The number of hydrogen-bond donors (Lipinski definition) is 1. The molecule has 3 atom stereocenters. The van der Waals surface area contributed by atoms with E-state index in [4.69, 9.17) is 14.2 Å². The van der Waals surface area contributed by atoms with E-state index in [1.165, 1.54) is 6.92 Å². The zero-order valence-corrected chi connectivity index (χ0v) is 8.62. The second kappa shape index (κ2) is 4.83. The van der Waals surface area contributed by atoms with Crippen LogP contribution in [0.15, 0.2) is 0 Å². The lowest BCUT2D eigenvalue weighted by Crippen LogP contribution is -2.45. The van der Waals surface area contributed by atoms with Crippen LogP contribution in [0, 0.1) is 0 Å². The highest BCUT2D eigenvalue weighted by molar-refractivity contribution is 7.80. The molecular formula is C8H14O4S. The summed E-state index contributed by atoms with van der Waals surface area (Å²) in [4.78, 5) is 10.8. The van der Waals surface area contributed by atoms with Gasteiger partial charge in [-0.3, -0.25) is 4.79 Å². The first-order valence-electron chi connectivity index (χ1n) is 4.15. The molecule has 5 heteroatoms.